The van der Waals surface area contributed by atoms with Crippen LogP contribution in [0.4, 0.5) is 0 Å². The molecule has 1 aliphatic rings. The average molecular weight is 272 g/mol. The van der Waals surface area contributed by atoms with Crippen LogP contribution in [-0.2, 0) is 11.8 Å². The molecule has 2 heterocycles. The molecule has 1 fully saturated rings. The van der Waals surface area contributed by atoms with E-state index in [0.717, 1.165) is 19.4 Å². The van der Waals surface area contributed by atoms with Crippen molar-refractivity contribution >= 4 is 17.5 Å². The average Bonchev–Trinajstić information content (AvgIpc) is 2.88. The van der Waals surface area contributed by atoms with Crippen molar-refractivity contribution in [2.45, 2.75) is 38.8 Å². The summed E-state index contributed by atoms with van der Waals surface area (Å²) in [5, 5.41) is 7.46. The number of carbonyl (C=O) groups excluding carboxylic acids is 1. The predicted molar refractivity (Wildman–Crippen MR) is 68.9 cm³/mol. The fourth-order valence-electron chi connectivity index (χ4n) is 2.24. The third-order valence-electron chi connectivity index (χ3n) is 3.25. The van der Waals surface area contributed by atoms with Crippen molar-refractivity contribution in [3.63, 3.8) is 0 Å². The molecule has 1 aromatic heterocycles. The Morgan fingerprint density at radius 2 is 2.39 bits per heavy atom. The molecule has 5 nitrogen and oxygen atoms in total. The van der Waals surface area contributed by atoms with Crippen LogP contribution in [0.1, 0.15) is 35.9 Å². The lowest BCUT2D eigenvalue weighted by Gasteiger charge is -2.20. The van der Waals surface area contributed by atoms with Crippen LogP contribution in [0.15, 0.2) is 0 Å². The molecule has 100 valence electrons. The van der Waals surface area contributed by atoms with Crippen LogP contribution >= 0.6 is 11.6 Å². The van der Waals surface area contributed by atoms with Crippen molar-refractivity contribution in [3.05, 3.63) is 16.4 Å². The number of rotatable bonds is 3. The summed E-state index contributed by atoms with van der Waals surface area (Å²) in [6, 6.07) is -0.0220. The maximum Gasteiger partial charge on any atom is 0.271 e. The molecule has 0 aromatic carbocycles. The van der Waals surface area contributed by atoms with Gasteiger partial charge in [0.25, 0.3) is 5.91 Å². The van der Waals surface area contributed by atoms with Crippen molar-refractivity contribution < 1.29 is 9.53 Å². The van der Waals surface area contributed by atoms with Gasteiger partial charge in [0.1, 0.15) is 5.69 Å². The van der Waals surface area contributed by atoms with E-state index in [1.165, 1.54) is 4.68 Å². The first-order valence-corrected chi connectivity index (χ1v) is 6.50. The molecule has 0 saturated carbocycles. The zero-order valence-corrected chi connectivity index (χ0v) is 11.6. The molecular weight excluding hydrogens is 254 g/mol. The van der Waals surface area contributed by atoms with E-state index in [4.69, 9.17) is 16.3 Å². The number of halogens is 1. The zero-order chi connectivity index (χ0) is 13.3. The van der Waals surface area contributed by atoms with Crippen molar-refractivity contribution in [1.82, 2.24) is 15.1 Å². The first kappa shape index (κ1) is 13.4. The van der Waals surface area contributed by atoms with Crippen LogP contribution < -0.4 is 5.32 Å². The molecule has 2 unspecified atom stereocenters. The van der Waals surface area contributed by atoms with Crippen LogP contribution in [0.25, 0.3) is 0 Å². The summed E-state index contributed by atoms with van der Waals surface area (Å²) >= 11 is 6.08. The summed E-state index contributed by atoms with van der Waals surface area (Å²) in [5.74, 6) is -0.203. The molecule has 0 spiro atoms. The monoisotopic (exact) mass is 271 g/mol. The van der Waals surface area contributed by atoms with E-state index in [1.807, 2.05) is 6.92 Å². The molecule has 6 heteroatoms. The van der Waals surface area contributed by atoms with Gasteiger partial charge in [-0.05, 0) is 26.7 Å². The number of aryl methyl sites for hydroxylation is 2. The molecule has 2 rings (SSSR count). The fourth-order valence-corrected chi connectivity index (χ4v) is 2.49. The van der Waals surface area contributed by atoms with Gasteiger partial charge in [0.2, 0.25) is 0 Å². The highest BCUT2D eigenvalue weighted by Gasteiger charge is 2.26. The topological polar surface area (TPSA) is 56.2 Å². The lowest BCUT2D eigenvalue weighted by molar-refractivity contribution is 0.0707. The molecule has 0 aliphatic carbocycles. The van der Waals surface area contributed by atoms with Gasteiger partial charge in [-0.2, -0.15) is 5.10 Å². The SMILES string of the molecule is Cc1nn(C)c(C(=O)NC(C)C2CCCO2)c1Cl. The molecule has 1 saturated heterocycles. The van der Waals surface area contributed by atoms with Gasteiger partial charge in [-0.3, -0.25) is 9.48 Å². The normalized spacial score (nSPS) is 21.0. The van der Waals surface area contributed by atoms with Gasteiger partial charge in [0, 0.05) is 13.7 Å². The maximum atomic E-state index is 12.2. The maximum absolute atomic E-state index is 12.2. The lowest BCUT2D eigenvalue weighted by Crippen LogP contribution is -2.41. The highest BCUT2D eigenvalue weighted by molar-refractivity contribution is 6.34. The van der Waals surface area contributed by atoms with E-state index < -0.39 is 0 Å². The lowest BCUT2D eigenvalue weighted by atomic mass is 10.1. The molecule has 1 aromatic rings. The molecule has 18 heavy (non-hydrogen) atoms. The van der Waals surface area contributed by atoms with Crippen LogP contribution in [0, 0.1) is 6.92 Å². The second-order valence-electron chi connectivity index (χ2n) is 4.69. The standard InChI is InChI=1S/C12H18ClN3O2/c1-7(9-5-4-6-18-9)14-12(17)11-10(13)8(2)15-16(11)3/h7,9H,4-6H2,1-3H3,(H,14,17). The minimum atomic E-state index is -0.203. The van der Waals surface area contributed by atoms with Crippen molar-refractivity contribution in [2.75, 3.05) is 6.61 Å². The van der Waals surface area contributed by atoms with E-state index in [0.29, 0.717) is 16.4 Å². The number of ether oxygens (including phenoxy) is 1. The van der Waals surface area contributed by atoms with E-state index in [9.17, 15) is 4.79 Å². The van der Waals surface area contributed by atoms with Crippen molar-refractivity contribution in [3.8, 4) is 0 Å². The Balaban J connectivity index is 2.07. The van der Waals surface area contributed by atoms with E-state index >= 15 is 0 Å². The van der Waals surface area contributed by atoms with E-state index in [2.05, 4.69) is 10.4 Å². The summed E-state index contributed by atoms with van der Waals surface area (Å²) in [7, 11) is 1.71. The largest absolute Gasteiger partial charge is 0.376 e. The van der Waals surface area contributed by atoms with Gasteiger partial charge in [0.15, 0.2) is 0 Å². The van der Waals surface area contributed by atoms with Crippen LogP contribution in [0.2, 0.25) is 5.02 Å². The Hall–Kier alpha value is -1.07. The Morgan fingerprint density at radius 1 is 1.67 bits per heavy atom. The number of nitrogens with zero attached hydrogens (tertiary/aromatic N) is 2. The number of hydrogen-bond acceptors (Lipinski definition) is 3. The highest BCUT2D eigenvalue weighted by Crippen LogP contribution is 2.20. The van der Waals surface area contributed by atoms with Gasteiger partial charge in [-0.15, -0.1) is 0 Å². The quantitative estimate of drug-likeness (QED) is 0.910. The van der Waals surface area contributed by atoms with Gasteiger partial charge in [-0.1, -0.05) is 11.6 Å². The highest BCUT2D eigenvalue weighted by atomic mass is 35.5. The molecular formula is C12H18ClN3O2. The van der Waals surface area contributed by atoms with Gasteiger partial charge in [-0.25, -0.2) is 0 Å². The number of amides is 1. The third kappa shape index (κ3) is 2.52. The first-order chi connectivity index (χ1) is 8.50. The Kier molecular flexibility index (Phi) is 3.92. The van der Waals surface area contributed by atoms with Gasteiger partial charge in [0.05, 0.1) is 22.9 Å². The molecule has 1 amide bonds. The molecule has 2 atom stereocenters. The van der Waals surface area contributed by atoms with Gasteiger partial charge >= 0.3 is 0 Å². The summed E-state index contributed by atoms with van der Waals surface area (Å²) in [5.41, 5.74) is 1.06. The molecule has 0 radical (unpaired) electrons. The van der Waals surface area contributed by atoms with Crippen molar-refractivity contribution in [1.29, 1.82) is 0 Å². The number of nitrogens with one attached hydrogen (secondary N) is 1. The number of aromatic nitrogens is 2. The minimum absolute atomic E-state index is 0.0220. The molecule has 1 aliphatic heterocycles. The van der Waals surface area contributed by atoms with Crippen LogP contribution in [0.5, 0.6) is 0 Å². The first-order valence-electron chi connectivity index (χ1n) is 6.12. The Bertz CT molecular complexity index is 452. The van der Waals surface area contributed by atoms with Crippen LogP contribution in [-0.4, -0.2) is 34.4 Å². The van der Waals surface area contributed by atoms with Crippen LogP contribution in [0.3, 0.4) is 0 Å². The molecule has 0 bridgehead atoms. The Morgan fingerprint density at radius 3 is 2.89 bits per heavy atom. The zero-order valence-electron chi connectivity index (χ0n) is 10.9. The minimum Gasteiger partial charge on any atom is -0.376 e. The summed E-state index contributed by atoms with van der Waals surface area (Å²) in [6.07, 6.45) is 2.14. The number of carbonyl (C=O) groups is 1. The smallest absolute Gasteiger partial charge is 0.271 e. The fraction of sp³-hybridized carbons (Fsp3) is 0.667. The van der Waals surface area contributed by atoms with Gasteiger partial charge < -0.3 is 10.1 Å². The van der Waals surface area contributed by atoms with Crippen molar-refractivity contribution in [2.24, 2.45) is 7.05 Å². The summed E-state index contributed by atoms with van der Waals surface area (Å²) in [4.78, 5) is 12.2. The molecule has 1 N–H and O–H groups in total. The Labute approximate surface area is 111 Å². The van der Waals surface area contributed by atoms with E-state index in [1.54, 1.807) is 14.0 Å². The second-order valence-corrected chi connectivity index (χ2v) is 5.06. The summed E-state index contributed by atoms with van der Waals surface area (Å²) < 4.78 is 7.06. The second kappa shape index (κ2) is 5.28. The predicted octanol–water partition coefficient (Wildman–Crippen LogP) is 1.68. The summed E-state index contributed by atoms with van der Waals surface area (Å²) in [6.45, 7) is 4.50. The number of hydrogen-bond donors (Lipinski definition) is 1. The third-order valence-corrected chi connectivity index (χ3v) is 3.70. The van der Waals surface area contributed by atoms with E-state index in [-0.39, 0.29) is 18.1 Å².